The van der Waals surface area contributed by atoms with E-state index in [4.69, 9.17) is 5.73 Å². The highest BCUT2D eigenvalue weighted by molar-refractivity contribution is 5.53. The minimum Gasteiger partial charge on any atom is -0.508 e. The third-order valence-corrected chi connectivity index (χ3v) is 3.81. The molecule has 1 aliphatic carbocycles. The summed E-state index contributed by atoms with van der Waals surface area (Å²) < 4.78 is 0. The number of nitrogens with two attached hydrogens (primary N) is 1. The number of benzene rings is 1. The minimum absolute atomic E-state index is 0.0603. The minimum atomic E-state index is -0.347. The van der Waals surface area contributed by atoms with Crippen LogP contribution in [0.15, 0.2) is 12.1 Å². The SMILES string of the molecule is NCC1(c2c(O)cc(O)cc2O)CCCCC1. The van der Waals surface area contributed by atoms with Crippen molar-refractivity contribution in [3.05, 3.63) is 17.7 Å². The Morgan fingerprint density at radius 3 is 2.00 bits per heavy atom. The second kappa shape index (κ2) is 4.45. The van der Waals surface area contributed by atoms with Crippen LogP contribution in [0, 0.1) is 0 Å². The first-order chi connectivity index (χ1) is 8.09. The molecule has 2 rings (SSSR count). The van der Waals surface area contributed by atoms with Crippen molar-refractivity contribution in [3.8, 4) is 17.2 Å². The van der Waals surface area contributed by atoms with E-state index >= 15 is 0 Å². The van der Waals surface area contributed by atoms with E-state index < -0.39 is 0 Å². The Kier molecular flexibility index (Phi) is 3.15. The molecule has 0 radical (unpaired) electrons. The third-order valence-electron chi connectivity index (χ3n) is 3.81. The second-order valence-corrected chi connectivity index (χ2v) is 4.90. The Labute approximate surface area is 101 Å². The zero-order chi connectivity index (χ0) is 12.5. The van der Waals surface area contributed by atoms with E-state index in [0.717, 1.165) is 25.7 Å². The van der Waals surface area contributed by atoms with E-state index in [1.54, 1.807) is 0 Å². The number of aromatic hydroxyl groups is 3. The van der Waals surface area contributed by atoms with Gasteiger partial charge in [0.15, 0.2) is 0 Å². The van der Waals surface area contributed by atoms with Crippen LogP contribution in [0.25, 0.3) is 0 Å². The molecule has 0 atom stereocenters. The first-order valence-corrected chi connectivity index (χ1v) is 6.04. The van der Waals surface area contributed by atoms with E-state index in [-0.39, 0.29) is 22.7 Å². The maximum absolute atomic E-state index is 9.95. The summed E-state index contributed by atoms with van der Waals surface area (Å²) in [6.45, 7) is 0.402. The topological polar surface area (TPSA) is 86.7 Å². The smallest absolute Gasteiger partial charge is 0.126 e. The molecule has 1 fully saturated rings. The van der Waals surface area contributed by atoms with Crippen LogP contribution in [0.3, 0.4) is 0 Å². The lowest BCUT2D eigenvalue weighted by atomic mass is 9.69. The van der Waals surface area contributed by atoms with Crippen LogP contribution in [0.1, 0.15) is 37.7 Å². The van der Waals surface area contributed by atoms with Gasteiger partial charge in [0.1, 0.15) is 17.2 Å². The van der Waals surface area contributed by atoms with Crippen LogP contribution in [0.2, 0.25) is 0 Å². The van der Waals surface area contributed by atoms with Crippen molar-refractivity contribution in [3.63, 3.8) is 0 Å². The summed E-state index contributed by atoms with van der Waals surface area (Å²) in [6, 6.07) is 2.53. The largest absolute Gasteiger partial charge is 0.508 e. The second-order valence-electron chi connectivity index (χ2n) is 4.90. The van der Waals surface area contributed by atoms with E-state index in [2.05, 4.69) is 0 Å². The Bertz CT molecular complexity index is 388. The summed E-state index contributed by atoms with van der Waals surface area (Å²) in [4.78, 5) is 0. The molecule has 0 bridgehead atoms. The fraction of sp³-hybridized carbons (Fsp3) is 0.538. The zero-order valence-corrected chi connectivity index (χ0v) is 9.82. The number of phenols is 3. The lowest BCUT2D eigenvalue weighted by Gasteiger charge is -2.37. The van der Waals surface area contributed by atoms with Crippen molar-refractivity contribution in [1.29, 1.82) is 0 Å². The molecule has 0 aliphatic heterocycles. The molecule has 5 N–H and O–H groups in total. The van der Waals surface area contributed by atoms with Crippen LogP contribution in [-0.2, 0) is 5.41 Å². The van der Waals surface area contributed by atoms with Gasteiger partial charge in [0.05, 0.1) is 0 Å². The number of hydrogen-bond donors (Lipinski definition) is 4. The van der Waals surface area contributed by atoms with Crippen molar-refractivity contribution in [1.82, 2.24) is 0 Å². The predicted molar refractivity (Wildman–Crippen MR) is 65.3 cm³/mol. The molecule has 4 heteroatoms. The summed E-state index contributed by atoms with van der Waals surface area (Å²) in [5.74, 6) is -0.253. The maximum atomic E-state index is 9.95. The summed E-state index contributed by atoms with van der Waals surface area (Å²) in [5.41, 5.74) is 6.01. The molecule has 0 saturated heterocycles. The number of phenolic OH excluding ortho intramolecular Hbond substituents is 3. The standard InChI is InChI=1S/C13H19NO3/c14-8-13(4-2-1-3-5-13)12-10(16)6-9(15)7-11(12)17/h6-7,15-17H,1-5,8,14H2. The quantitative estimate of drug-likeness (QED) is 0.633. The van der Waals surface area contributed by atoms with Crippen molar-refractivity contribution >= 4 is 0 Å². The van der Waals surface area contributed by atoms with Crippen LogP contribution >= 0.6 is 0 Å². The molecule has 4 nitrogen and oxygen atoms in total. The molecule has 94 valence electrons. The van der Waals surface area contributed by atoms with Gasteiger partial charge in [-0.3, -0.25) is 0 Å². The van der Waals surface area contributed by atoms with Gasteiger partial charge in [0.2, 0.25) is 0 Å². The summed E-state index contributed by atoms with van der Waals surface area (Å²) in [5, 5.41) is 29.2. The molecule has 17 heavy (non-hydrogen) atoms. The van der Waals surface area contributed by atoms with Gasteiger partial charge in [-0.2, -0.15) is 0 Å². The molecular formula is C13H19NO3. The highest BCUT2D eigenvalue weighted by atomic mass is 16.3. The summed E-state index contributed by atoms with van der Waals surface area (Å²) in [6.07, 6.45) is 5.01. The van der Waals surface area contributed by atoms with Crippen molar-refractivity contribution < 1.29 is 15.3 Å². The lowest BCUT2D eigenvalue weighted by molar-refractivity contribution is 0.279. The first kappa shape index (κ1) is 12.0. The number of rotatable bonds is 2. The van der Waals surface area contributed by atoms with Crippen LogP contribution < -0.4 is 5.73 Å². The highest BCUT2D eigenvalue weighted by Gasteiger charge is 2.37. The predicted octanol–water partition coefficient (Wildman–Crippen LogP) is 1.96. The first-order valence-electron chi connectivity index (χ1n) is 6.04. The normalized spacial score (nSPS) is 19.1. The van der Waals surface area contributed by atoms with Crippen LogP contribution in [0.5, 0.6) is 17.2 Å². The van der Waals surface area contributed by atoms with Gasteiger partial charge in [-0.05, 0) is 12.8 Å². The van der Waals surface area contributed by atoms with E-state index in [9.17, 15) is 15.3 Å². The third kappa shape index (κ3) is 2.05. The van der Waals surface area contributed by atoms with Crippen molar-refractivity contribution in [2.45, 2.75) is 37.5 Å². The van der Waals surface area contributed by atoms with Crippen LogP contribution in [-0.4, -0.2) is 21.9 Å². The van der Waals surface area contributed by atoms with Crippen LogP contribution in [0.4, 0.5) is 0 Å². The molecule has 1 aliphatic rings. The monoisotopic (exact) mass is 237 g/mol. The van der Waals surface area contributed by atoms with E-state index in [0.29, 0.717) is 12.1 Å². The van der Waals surface area contributed by atoms with Gasteiger partial charge >= 0.3 is 0 Å². The molecule has 0 unspecified atom stereocenters. The molecule has 0 heterocycles. The average molecular weight is 237 g/mol. The van der Waals surface area contributed by atoms with Gasteiger partial charge in [0.25, 0.3) is 0 Å². The molecule has 0 aromatic heterocycles. The molecule has 0 amide bonds. The van der Waals surface area contributed by atoms with E-state index in [1.807, 2.05) is 0 Å². The van der Waals surface area contributed by atoms with Gasteiger partial charge in [-0.25, -0.2) is 0 Å². The fourth-order valence-electron chi connectivity index (χ4n) is 2.93. The summed E-state index contributed by atoms with van der Waals surface area (Å²) in [7, 11) is 0. The molecular weight excluding hydrogens is 218 g/mol. The highest BCUT2D eigenvalue weighted by Crippen LogP contribution is 2.47. The fourth-order valence-corrected chi connectivity index (χ4v) is 2.93. The van der Waals surface area contributed by atoms with Crippen molar-refractivity contribution in [2.75, 3.05) is 6.54 Å². The Hall–Kier alpha value is -1.42. The zero-order valence-electron chi connectivity index (χ0n) is 9.82. The summed E-state index contributed by atoms with van der Waals surface area (Å²) >= 11 is 0. The molecule has 0 spiro atoms. The Morgan fingerprint density at radius 2 is 1.53 bits per heavy atom. The van der Waals surface area contributed by atoms with Crippen molar-refractivity contribution in [2.24, 2.45) is 5.73 Å². The van der Waals surface area contributed by atoms with E-state index in [1.165, 1.54) is 18.6 Å². The average Bonchev–Trinajstić information content (AvgIpc) is 2.28. The van der Waals surface area contributed by atoms with Gasteiger partial charge in [-0.1, -0.05) is 19.3 Å². The Balaban J connectivity index is 2.50. The maximum Gasteiger partial charge on any atom is 0.126 e. The molecule has 1 saturated carbocycles. The van der Waals surface area contributed by atoms with Gasteiger partial charge in [0, 0.05) is 29.7 Å². The number of hydrogen-bond acceptors (Lipinski definition) is 4. The lowest BCUT2D eigenvalue weighted by Crippen LogP contribution is -2.37. The van der Waals surface area contributed by atoms with Gasteiger partial charge < -0.3 is 21.1 Å². The van der Waals surface area contributed by atoms with Gasteiger partial charge in [-0.15, -0.1) is 0 Å². The molecule has 1 aromatic rings. The molecule has 1 aromatic carbocycles. The Morgan fingerprint density at radius 1 is 1.00 bits per heavy atom.